The molecule has 0 spiro atoms. The summed E-state index contributed by atoms with van der Waals surface area (Å²) in [5.41, 5.74) is 0. The average molecular weight is 365 g/mol. The Morgan fingerprint density at radius 3 is 2.44 bits per heavy atom. The highest BCUT2D eigenvalue weighted by molar-refractivity contribution is 5.73. The third kappa shape index (κ3) is 4.46. The van der Waals surface area contributed by atoms with E-state index < -0.39 is 68.3 Å². The van der Waals surface area contributed by atoms with E-state index in [0.717, 1.165) is 6.08 Å². The molecular formula is C14H23NO10. The Morgan fingerprint density at radius 2 is 1.88 bits per heavy atom. The zero-order chi connectivity index (χ0) is 18.7. The normalized spacial score (nSPS) is 41.9. The predicted molar refractivity (Wildman–Crippen MR) is 78.9 cm³/mol. The number of hydrogen-bond acceptors (Lipinski definition) is 10. The van der Waals surface area contributed by atoms with Gasteiger partial charge in [-0.3, -0.25) is 4.79 Å². The average Bonchev–Trinajstić information content (AvgIpc) is 2.55. The number of nitrogens with one attached hydrogen (secondary N) is 1. The third-order valence-electron chi connectivity index (χ3n) is 3.92. The molecule has 1 amide bonds. The van der Waals surface area contributed by atoms with Crippen molar-refractivity contribution < 1.29 is 49.6 Å². The van der Waals surface area contributed by atoms with E-state index in [1.165, 1.54) is 6.92 Å². The lowest BCUT2D eigenvalue weighted by molar-refractivity contribution is -0.305. The first-order valence-corrected chi connectivity index (χ1v) is 7.68. The van der Waals surface area contributed by atoms with Crippen molar-refractivity contribution in [1.82, 2.24) is 5.32 Å². The molecule has 2 heterocycles. The quantitative estimate of drug-likeness (QED) is 0.258. The number of rotatable bonds is 5. The molecule has 0 aliphatic carbocycles. The molecule has 0 aromatic heterocycles. The molecule has 2 unspecified atom stereocenters. The van der Waals surface area contributed by atoms with Crippen molar-refractivity contribution in [3.8, 4) is 0 Å². The van der Waals surface area contributed by atoms with Crippen LogP contribution in [0.2, 0.25) is 0 Å². The highest BCUT2D eigenvalue weighted by Gasteiger charge is 2.47. The van der Waals surface area contributed by atoms with Crippen LogP contribution in [0.15, 0.2) is 11.8 Å². The molecule has 0 bridgehead atoms. The van der Waals surface area contributed by atoms with Gasteiger partial charge in [0.25, 0.3) is 0 Å². The van der Waals surface area contributed by atoms with E-state index in [9.17, 15) is 30.3 Å². The second-order valence-electron chi connectivity index (χ2n) is 5.82. The van der Waals surface area contributed by atoms with Crippen molar-refractivity contribution in [3.63, 3.8) is 0 Å². The van der Waals surface area contributed by atoms with Crippen LogP contribution in [-0.4, -0.2) is 98.9 Å². The monoisotopic (exact) mass is 365 g/mol. The SMILES string of the molecule is CC(=O)NC1O[C@H](CO)[C@@H](O)[C@H](OC2O[C@H](CO)C(O)=C[C@H]2O)[C@H]1O. The fourth-order valence-corrected chi connectivity index (χ4v) is 2.64. The van der Waals surface area contributed by atoms with Gasteiger partial charge in [0.2, 0.25) is 5.91 Å². The van der Waals surface area contributed by atoms with Crippen LogP contribution < -0.4 is 5.32 Å². The Labute approximate surface area is 143 Å². The van der Waals surface area contributed by atoms with Gasteiger partial charge in [0.1, 0.15) is 42.4 Å². The fourth-order valence-electron chi connectivity index (χ4n) is 2.64. The maximum atomic E-state index is 11.2. The summed E-state index contributed by atoms with van der Waals surface area (Å²) in [6, 6.07) is 0. The molecule has 1 saturated heterocycles. The topological polar surface area (TPSA) is 178 Å². The van der Waals surface area contributed by atoms with Crippen molar-refractivity contribution in [2.75, 3.05) is 13.2 Å². The first-order chi connectivity index (χ1) is 11.8. The van der Waals surface area contributed by atoms with Crippen LogP contribution in [0.25, 0.3) is 0 Å². The number of aliphatic hydroxyl groups is 6. The molecule has 11 nitrogen and oxygen atoms in total. The van der Waals surface area contributed by atoms with E-state index in [1.54, 1.807) is 0 Å². The summed E-state index contributed by atoms with van der Waals surface area (Å²) in [5.74, 6) is -0.898. The lowest BCUT2D eigenvalue weighted by atomic mass is 9.97. The van der Waals surface area contributed by atoms with Crippen LogP contribution in [0.5, 0.6) is 0 Å². The number of aliphatic hydroxyl groups excluding tert-OH is 6. The first kappa shape index (κ1) is 20.0. The molecular weight excluding hydrogens is 342 g/mol. The van der Waals surface area contributed by atoms with E-state index in [4.69, 9.17) is 19.3 Å². The molecule has 144 valence electrons. The van der Waals surface area contributed by atoms with Crippen LogP contribution in [0.3, 0.4) is 0 Å². The first-order valence-electron chi connectivity index (χ1n) is 7.68. The summed E-state index contributed by atoms with van der Waals surface area (Å²) >= 11 is 0. The van der Waals surface area contributed by atoms with E-state index in [0.29, 0.717) is 0 Å². The summed E-state index contributed by atoms with van der Waals surface area (Å²) in [6.07, 6.45) is -9.84. The van der Waals surface area contributed by atoms with Gasteiger partial charge < -0.3 is 50.2 Å². The molecule has 0 aromatic rings. The summed E-state index contributed by atoms with van der Waals surface area (Å²) < 4.78 is 15.8. The van der Waals surface area contributed by atoms with Gasteiger partial charge in [-0.15, -0.1) is 0 Å². The molecule has 8 atom stereocenters. The second-order valence-corrected chi connectivity index (χ2v) is 5.82. The van der Waals surface area contributed by atoms with E-state index in [-0.39, 0.29) is 5.76 Å². The molecule has 2 aliphatic rings. The molecule has 7 N–H and O–H groups in total. The zero-order valence-corrected chi connectivity index (χ0v) is 13.4. The minimum atomic E-state index is -1.54. The standard InChI is InChI=1S/C14H23NO10/c1-5(18)15-13-11(22)12(10(21)9(4-17)23-13)25-14-7(20)2-6(19)8(3-16)24-14/h2,7-14,16-17,19-22H,3-4H2,1H3,(H,15,18)/t7-,8-,9-,10-,11-,12+,13?,14?/m1/s1. The van der Waals surface area contributed by atoms with Crippen molar-refractivity contribution in [2.45, 2.75) is 56.1 Å². The smallest absolute Gasteiger partial charge is 0.218 e. The highest BCUT2D eigenvalue weighted by Crippen LogP contribution is 2.27. The zero-order valence-electron chi connectivity index (χ0n) is 13.4. The van der Waals surface area contributed by atoms with Crippen molar-refractivity contribution >= 4 is 5.91 Å². The van der Waals surface area contributed by atoms with Gasteiger partial charge in [-0.05, 0) is 6.08 Å². The second kappa shape index (κ2) is 8.38. The summed E-state index contributed by atoms with van der Waals surface area (Å²) in [5, 5.41) is 60.7. The number of ether oxygens (including phenoxy) is 3. The van der Waals surface area contributed by atoms with E-state index >= 15 is 0 Å². The summed E-state index contributed by atoms with van der Waals surface area (Å²) in [6.45, 7) is -0.00219. The minimum Gasteiger partial charge on any atom is -0.510 e. The van der Waals surface area contributed by atoms with Gasteiger partial charge in [-0.1, -0.05) is 0 Å². The lowest BCUT2D eigenvalue weighted by Gasteiger charge is -2.44. The molecule has 2 rings (SSSR count). The third-order valence-corrected chi connectivity index (χ3v) is 3.92. The summed E-state index contributed by atoms with van der Waals surface area (Å²) in [4.78, 5) is 11.2. The Bertz CT molecular complexity index is 500. The van der Waals surface area contributed by atoms with Gasteiger partial charge in [0.05, 0.1) is 13.2 Å². The number of hydrogen-bond donors (Lipinski definition) is 7. The minimum absolute atomic E-state index is 0.382. The maximum Gasteiger partial charge on any atom is 0.218 e. The molecule has 0 saturated carbocycles. The highest BCUT2D eigenvalue weighted by atomic mass is 16.7. The Kier molecular flexibility index (Phi) is 6.71. The van der Waals surface area contributed by atoms with Gasteiger partial charge in [0, 0.05) is 6.92 Å². The van der Waals surface area contributed by atoms with Crippen LogP contribution in [-0.2, 0) is 19.0 Å². The number of carbonyl (C=O) groups excluding carboxylic acids is 1. The van der Waals surface area contributed by atoms with Gasteiger partial charge >= 0.3 is 0 Å². The molecule has 0 radical (unpaired) electrons. The fraction of sp³-hybridized carbons (Fsp3) is 0.786. The van der Waals surface area contributed by atoms with E-state index in [2.05, 4.69) is 5.32 Å². The number of carbonyl (C=O) groups is 1. The van der Waals surface area contributed by atoms with Crippen molar-refractivity contribution in [2.24, 2.45) is 0 Å². The largest absolute Gasteiger partial charge is 0.510 e. The van der Waals surface area contributed by atoms with Crippen LogP contribution in [0.1, 0.15) is 6.92 Å². The van der Waals surface area contributed by atoms with E-state index in [1.807, 2.05) is 0 Å². The van der Waals surface area contributed by atoms with Gasteiger partial charge in [-0.25, -0.2) is 0 Å². The van der Waals surface area contributed by atoms with Gasteiger partial charge in [0.15, 0.2) is 12.5 Å². The molecule has 0 aromatic carbocycles. The Hall–Kier alpha value is -1.31. The summed E-state index contributed by atoms with van der Waals surface area (Å²) in [7, 11) is 0. The predicted octanol–water partition coefficient (Wildman–Crippen LogP) is -3.53. The lowest BCUT2D eigenvalue weighted by Crippen LogP contribution is -2.65. The van der Waals surface area contributed by atoms with Crippen LogP contribution >= 0.6 is 0 Å². The van der Waals surface area contributed by atoms with Crippen molar-refractivity contribution in [1.29, 1.82) is 0 Å². The Balaban J connectivity index is 2.15. The number of amides is 1. The van der Waals surface area contributed by atoms with Crippen molar-refractivity contribution in [3.05, 3.63) is 11.8 Å². The molecule has 25 heavy (non-hydrogen) atoms. The molecule has 11 heteroatoms. The van der Waals surface area contributed by atoms with Crippen LogP contribution in [0.4, 0.5) is 0 Å². The molecule has 1 fully saturated rings. The Morgan fingerprint density at radius 1 is 1.20 bits per heavy atom. The molecule has 2 aliphatic heterocycles. The van der Waals surface area contributed by atoms with Crippen LogP contribution in [0, 0.1) is 0 Å². The van der Waals surface area contributed by atoms with Gasteiger partial charge in [-0.2, -0.15) is 0 Å². The maximum absolute atomic E-state index is 11.2.